The second-order valence-electron chi connectivity index (χ2n) is 17.1. The maximum absolute atomic E-state index is 4.93. The van der Waals surface area contributed by atoms with Gasteiger partial charge < -0.3 is 20.4 Å². The molecule has 8 heteroatoms. The summed E-state index contributed by atoms with van der Waals surface area (Å²) < 4.78 is 0. The number of benzene rings is 4. The first-order valence-electron chi connectivity index (χ1n) is 19.9. The highest BCUT2D eigenvalue weighted by atomic mass is 35.5. The Morgan fingerprint density at radius 1 is 0.464 bits per heavy atom. The van der Waals surface area contributed by atoms with E-state index in [1.165, 1.54) is 59.0 Å². The van der Waals surface area contributed by atoms with Crippen molar-refractivity contribution in [2.24, 2.45) is 0 Å². The van der Waals surface area contributed by atoms with E-state index in [0.29, 0.717) is 12.1 Å². The van der Waals surface area contributed by atoms with Crippen LogP contribution in [0.3, 0.4) is 0 Å². The maximum atomic E-state index is 4.93. The van der Waals surface area contributed by atoms with Crippen LogP contribution in [-0.2, 0) is 0 Å². The van der Waals surface area contributed by atoms with Crippen LogP contribution in [0, 0.1) is 0 Å². The van der Waals surface area contributed by atoms with Crippen LogP contribution in [-0.4, -0.2) is 59.3 Å². The number of hydrogen-bond acceptors (Lipinski definition) is 6. The number of piperidine rings is 2. The van der Waals surface area contributed by atoms with Crippen LogP contribution in [0.1, 0.15) is 67.2 Å². The van der Waals surface area contributed by atoms with Crippen LogP contribution in [0.5, 0.6) is 0 Å². The number of hydrogen-bond donors (Lipinski definition) is 2. The van der Waals surface area contributed by atoms with E-state index in [1.807, 2.05) is 0 Å². The largest absolute Gasteiger partial charge is 0.371 e. The van der Waals surface area contributed by atoms with Crippen molar-refractivity contribution in [3.63, 3.8) is 0 Å². The highest BCUT2D eigenvalue weighted by Crippen LogP contribution is 2.34. The van der Waals surface area contributed by atoms with Gasteiger partial charge in [-0.15, -0.1) is 24.8 Å². The molecule has 0 radical (unpaired) electrons. The molecule has 2 fully saturated rings. The summed E-state index contributed by atoms with van der Waals surface area (Å²) in [7, 11) is 0. The van der Waals surface area contributed by atoms with Gasteiger partial charge in [-0.05, 0) is 91.5 Å². The second kappa shape index (κ2) is 18.8. The summed E-state index contributed by atoms with van der Waals surface area (Å²) in [5.74, 6) is 0. The lowest BCUT2D eigenvalue weighted by Gasteiger charge is -2.37. The van der Waals surface area contributed by atoms with Gasteiger partial charge >= 0.3 is 0 Å². The van der Waals surface area contributed by atoms with E-state index in [2.05, 4.69) is 183 Å². The van der Waals surface area contributed by atoms with Crippen molar-refractivity contribution >= 4 is 58.0 Å². The summed E-state index contributed by atoms with van der Waals surface area (Å²) in [5.41, 5.74) is 9.59. The summed E-state index contributed by atoms with van der Waals surface area (Å²) in [6.07, 6.45) is 4.70. The Hall–Kier alpha value is -4.20. The number of pyridine rings is 2. The first-order valence-corrected chi connectivity index (χ1v) is 19.9. The van der Waals surface area contributed by atoms with Crippen molar-refractivity contribution in [3.8, 4) is 22.5 Å². The normalized spacial score (nSPS) is 15.5. The third kappa shape index (κ3) is 11.0. The Morgan fingerprint density at radius 3 is 1.12 bits per heavy atom. The van der Waals surface area contributed by atoms with E-state index in [0.717, 1.165) is 48.6 Å². The molecule has 56 heavy (non-hydrogen) atoms. The molecule has 0 amide bonds. The molecule has 2 saturated heterocycles. The van der Waals surface area contributed by atoms with Crippen molar-refractivity contribution in [3.05, 3.63) is 121 Å². The van der Waals surface area contributed by atoms with Gasteiger partial charge in [-0.25, -0.2) is 9.97 Å². The van der Waals surface area contributed by atoms with Crippen molar-refractivity contribution in [1.29, 1.82) is 0 Å². The summed E-state index contributed by atoms with van der Waals surface area (Å²) in [5, 5.41) is 10.0. The molecule has 2 aromatic heterocycles. The summed E-state index contributed by atoms with van der Waals surface area (Å²) in [6, 6.07) is 43.8. The maximum Gasteiger partial charge on any atom is 0.0730 e. The zero-order chi connectivity index (χ0) is 37.7. The van der Waals surface area contributed by atoms with Crippen LogP contribution in [0.4, 0.5) is 11.4 Å². The molecule has 2 N–H and O–H groups in total. The van der Waals surface area contributed by atoms with Gasteiger partial charge in [-0.3, -0.25) is 0 Å². The fourth-order valence-electron chi connectivity index (χ4n) is 8.11. The number of halogens is 2. The monoisotopic (exact) mass is 790 g/mol. The fourth-order valence-corrected chi connectivity index (χ4v) is 8.11. The molecule has 0 saturated carbocycles. The third-order valence-corrected chi connectivity index (χ3v) is 10.5. The van der Waals surface area contributed by atoms with Gasteiger partial charge in [0.25, 0.3) is 0 Å². The molecule has 6 aromatic rings. The molecular formula is C48H60Cl2N6. The Morgan fingerprint density at radius 2 is 0.786 bits per heavy atom. The van der Waals surface area contributed by atoms with E-state index in [1.54, 1.807) is 0 Å². The van der Waals surface area contributed by atoms with Crippen LogP contribution >= 0.6 is 24.8 Å². The summed E-state index contributed by atoms with van der Waals surface area (Å²) >= 11 is 0. The molecule has 8 rings (SSSR count). The minimum atomic E-state index is 0. The van der Waals surface area contributed by atoms with Crippen molar-refractivity contribution < 1.29 is 0 Å². The highest BCUT2D eigenvalue weighted by Gasteiger charge is 2.26. The van der Waals surface area contributed by atoms with Crippen molar-refractivity contribution in [2.45, 2.75) is 90.4 Å². The quantitative estimate of drug-likeness (QED) is 0.175. The molecule has 6 nitrogen and oxygen atoms in total. The molecular weight excluding hydrogens is 731 g/mol. The van der Waals surface area contributed by atoms with Gasteiger partial charge in [-0.2, -0.15) is 0 Å². The second-order valence-corrected chi connectivity index (χ2v) is 17.1. The third-order valence-electron chi connectivity index (χ3n) is 10.5. The number of rotatable bonds is 6. The Labute approximate surface area is 347 Å². The lowest BCUT2D eigenvalue weighted by molar-refractivity contribution is 0.317. The molecule has 0 atom stereocenters. The zero-order valence-corrected chi connectivity index (χ0v) is 35.6. The van der Waals surface area contributed by atoms with E-state index < -0.39 is 0 Å². The number of para-hydroxylation sites is 2. The van der Waals surface area contributed by atoms with Gasteiger partial charge in [0.05, 0.1) is 22.4 Å². The molecule has 2 aliphatic heterocycles. The van der Waals surface area contributed by atoms with E-state index in [4.69, 9.17) is 9.97 Å². The van der Waals surface area contributed by atoms with Crippen molar-refractivity contribution in [1.82, 2.24) is 20.6 Å². The van der Waals surface area contributed by atoms with Crippen LogP contribution < -0.4 is 20.4 Å². The van der Waals surface area contributed by atoms with Gasteiger partial charge in [0.2, 0.25) is 0 Å². The van der Waals surface area contributed by atoms with Gasteiger partial charge in [0, 0.05) is 82.6 Å². The number of nitrogens with zero attached hydrogens (tertiary/aromatic N) is 4. The minimum absolute atomic E-state index is 0. The van der Waals surface area contributed by atoms with E-state index in [9.17, 15) is 0 Å². The first-order chi connectivity index (χ1) is 26.0. The lowest BCUT2D eigenvalue weighted by atomic mass is 9.98. The number of nitrogens with one attached hydrogen (secondary N) is 2. The predicted octanol–water partition coefficient (Wildman–Crippen LogP) is 11.4. The SMILES string of the molecule is CC(C)(C)NC1CCN(c2cc(-c3ccccc3)nc3ccccc23)CC1.CC(C)(C)NC1CCN(c2cc(-c3ccccc3)nc3ccccc23)CC1.Cl.Cl. The highest BCUT2D eigenvalue weighted by molar-refractivity contribution is 5.95. The van der Waals surface area contributed by atoms with Crippen LogP contribution in [0.2, 0.25) is 0 Å². The van der Waals surface area contributed by atoms with Crippen LogP contribution in [0.15, 0.2) is 121 Å². The Balaban J connectivity index is 0.000000207. The molecule has 296 valence electrons. The molecule has 0 bridgehead atoms. The smallest absolute Gasteiger partial charge is 0.0730 e. The lowest BCUT2D eigenvalue weighted by Crippen LogP contribution is -2.49. The molecule has 0 unspecified atom stereocenters. The van der Waals surface area contributed by atoms with Crippen LogP contribution in [0.25, 0.3) is 44.3 Å². The molecule has 0 spiro atoms. The first kappa shape index (κ1) is 42.9. The molecule has 4 aromatic carbocycles. The summed E-state index contributed by atoms with van der Waals surface area (Å²) in [4.78, 5) is 14.9. The number of anilines is 2. The average Bonchev–Trinajstić information content (AvgIpc) is 3.17. The fraction of sp³-hybridized carbons (Fsp3) is 0.375. The van der Waals surface area contributed by atoms with E-state index in [-0.39, 0.29) is 35.9 Å². The Kier molecular flexibility index (Phi) is 14.4. The molecule has 2 aliphatic rings. The number of fused-ring (bicyclic) bond motifs is 2. The van der Waals surface area contributed by atoms with Gasteiger partial charge in [0.1, 0.15) is 0 Å². The topological polar surface area (TPSA) is 56.3 Å². The minimum Gasteiger partial charge on any atom is -0.371 e. The Bertz CT molecular complexity index is 1970. The molecule has 4 heterocycles. The van der Waals surface area contributed by atoms with E-state index >= 15 is 0 Å². The average molecular weight is 792 g/mol. The van der Waals surface area contributed by atoms with Crippen molar-refractivity contribution in [2.75, 3.05) is 36.0 Å². The predicted molar refractivity (Wildman–Crippen MR) is 245 cm³/mol. The summed E-state index contributed by atoms with van der Waals surface area (Å²) in [6.45, 7) is 17.8. The zero-order valence-electron chi connectivity index (χ0n) is 34.0. The number of aromatic nitrogens is 2. The van der Waals surface area contributed by atoms with Gasteiger partial charge in [-0.1, -0.05) is 97.1 Å². The standard InChI is InChI=1S/2C24H29N3.2ClH/c2*1-24(2,3)26-19-13-15-27(16-14-19)23-17-22(18-9-5-4-6-10-18)25-21-12-8-7-11-20(21)23;;/h2*4-12,17,19,26H,13-16H2,1-3H3;2*1H. The molecule has 0 aliphatic carbocycles. The van der Waals surface area contributed by atoms with Gasteiger partial charge in [0.15, 0.2) is 0 Å².